The third-order valence-corrected chi connectivity index (χ3v) is 2.46. The van der Waals surface area contributed by atoms with Gasteiger partial charge in [-0.25, -0.2) is 0 Å². The number of hydrogen-bond donors (Lipinski definition) is 1. The van der Waals surface area contributed by atoms with Gasteiger partial charge in [-0.3, -0.25) is 4.79 Å². The van der Waals surface area contributed by atoms with Gasteiger partial charge >= 0.3 is 0 Å². The summed E-state index contributed by atoms with van der Waals surface area (Å²) in [5.74, 6) is 0.152. The predicted octanol–water partition coefficient (Wildman–Crippen LogP) is 3.40. The van der Waals surface area contributed by atoms with Crippen LogP contribution in [-0.2, 0) is 0 Å². The lowest BCUT2D eigenvalue weighted by Crippen LogP contribution is -2.20. The Labute approximate surface area is 89.3 Å². The van der Waals surface area contributed by atoms with E-state index >= 15 is 0 Å². The van der Waals surface area contributed by atoms with E-state index in [1.165, 1.54) is 0 Å². The molecule has 0 amide bonds. The molecule has 78 valence electrons. The van der Waals surface area contributed by atoms with Gasteiger partial charge < -0.3 is 4.98 Å². The Morgan fingerprint density at radius 1 is 1.20 bits per heavy atom. The molecule has 2 nitrogen and oxygen atoms in total. The molecule has 0 radical (unpaired) electrons. The zero-order valence-electron chi connectivity index (χ0n) is 9.29. The maximum atomic E-state index is 12.0. The predicted molar refractivity (Wildman–Crippen MR) is 62.1 cm³/mol. The lowest BCUT2D eigenvalue weighted by Gasteiger charge is -2.14. The number of para-hydroxylation sites is 1. The van der Waals surface area contributed by atoms with E-state index < -0.39 is 0 Å². The van der Waals surface area contributed by atoms with Crippen LogP contribution in [0.3, 0.4) is 0 Å². The summed E-state index contributed by atoms with van der Waals surface area (Å²) in [5, 5.41) is 1.09. The van der Waals surface area contributed by atoms with Gasteiger partial charge in [-0.05, 0) is 12.1 Å². The van der Waals surface area contributed by atoms with E-state index in [0.29, 0.717) is 5.69 Å². The van der Waals surface area contributed by atoms with Crippen molar-refractivity contribution in [3.05, 3.63) is 36.0 Å². The zero-order valence-corrected chi connectivity index (χ0v) is 9.29. The van der Waals surface area contributed by atoms with E-state index in [4.69, 9.17) is 0 Å². The molecule has 0 saturated carbocycles. The number of nitrogens with one attached hydrogen (secondary N) is 1. The van der Waals surface area contributed by atoms with E-state index in [-0.39, 0.29) is 11.2 Å². The van der Waals surface area contributed by atoms with Gasteiger partial charge in [-0.2, -0.15) is 0 Å². The molecule has 0 bridgehead atoms. The number of rotatable bonds is 1. The Balaban J connectivity index is 2.50. The van der Waals surface area contributed by atoms with Crippen LogP contribution in [0.2, 0.25) is 0 Å². The van der Waals surface area contributed by atoms with Crippen LogP contribution in [-0.4, -0.2) is 10.8 Å². The number of aromatic amines is 1. The molecule has 0 aliphatic rings. The minimum Gasteiger partial charge on any atom is -0.352 e. The highest BCUT2D eigenvalue weighted by Gasteiger charge is 2.24. The summed E-state index contributed by atoms with van der Waals surface area (Å²) in [5.41, 5.74) is 1.38. The topological polar surface area (TPSA) is 32.9 Å². The summed E-state index contributed by atoms with van der Waals surface area (Å²) in [7, 11) is 0. The first-order chi connectivity index (χ1) is 6.98. The molecule has 0 unspecified atom stereocenters. The summed E-state index contributed by atoms with van der Waals surface area (Å²) in [6.07, 6.45) is 0. The second-order valence-corrected chi connectivity index (χ2v) is 4.85. The van der Waals surface area contributed by atoms with Crippen molar-refractivity contribution < 1.29 is 4.79 Å². The minimum atomic E-state index is -0.332. The summed E-state index contributed by atoms with van der Waals surface area (Å²) in [4.78, 5) is 15.2. The first-order valence-corrected chi connectivity index (χ1v) is 5.11. The minimum absolute atomic E-state index is 0.152. The number of hydrogen-bond acceptors (Lipinski definition) is 1. The van der Waals surface area contributed by atoms with Crippen LogP contribution in [0.1, 0.15) is 31.3 Å². The van der Waals surface area contributed by atoms with Crippen molar-refractivity contribution in [3.8, 4) is 0 Å². The van der Waals surface area contributed by atoms with E-state index in [2.05, 4.69) is 4.98 Å². The highest BCUT2D eigenvalue weighted by atomic mass is 16.1. The largest absolute Gasteiger partial charge is 0.352 e. The second-order valence-electron chi connectivity index (χ2n) is 4.85. The molecular formula is C13H15NO. The number of aromatic nitrogens is 1. The number of carbonyl (C=O) groups excluding carboxylic acids is 1. The second kappa shape index (κ2) is 3.23. The maximum absolute atomic E-state index is 12.0. The summed E-state index contributed by atoms with van der Waals surface area (Å²) >= 11 is 0. The van der Waals surface area contributed by atoms with Crippen molar-refractivity contribution >= 4 is 16.7 Å². The molecule has 2 rings (SSSR count). The molecule has 0 aliphatic heterocycles. The molecule has 0 atom stereocenters. The molecular weight excluding hydrogens is 186 g/mol. The van der Waals surface area contributed by atoms with Crippen molar-refractivity contribution in [1.29, 1.82) is 0 Å². The fourth-order valence-electron chi connectivity index (χ4n) is 1.60. The Morgan fingerprint density at radius 3 is 2.47 bits per heavy atom. The number of carbonyl (C=O) groups is 1. The fourth-order valence-corrected chi connectivity index (χ4v) is 1.60. The highest BCUT2D eigenvalue weighted by Crippen LogP contribution is 2.23. The summed E-state index contributed by atoms with van der Waals surface area (Å²) < 4.78 is 0. The Kier molecular flexibility index (Phi) is 2.14. The van der Waals surface area contributed by atoms with Crippen LogP contribution >= 0.6 is 0 Å². The number of fused-ring (bicyclic) bond motifs is 1. The molecule has 2 aromatic rings. The van der Waals surface area contributed by atoms with Gasteiger partial charge in [-0.1, -0.05) is 39.0 Å². The van der Waals surface area contributed by atoms with Gasteiger partial charge in [0, 0.05) is 16.3 Å². The van der Waals surface area contributed by atoms with Gasteiger partial charge in [0.2, 0.25) is 0 Å². The smallest absolute Gasteiger partial charge is 0.184 e. The molecule has 0 fully saturated rings. The highest BCUT2D eigenvalue weighted by molar-refractivity contribution is 6.02. The molecule has 0 spiro atoms. The monoisotopic (exact) mass is 201 g/mol. The van der Waals surface area contributed by atoms with Crippen LogP contribution in [0.4, 0.5) is 0 Å². The molecule has 1 aromatic heterocycles. The standard InChI is InChI=1S/C13H15NO/c1-13(2,3)12(15)11-8-9-6-4-5-7-10(9)14-11/h4-8,14H,1-3H3. The van der Waals surface area contributed by atoms with Crippen molar-refractivity contribution in [1.82, 2.24) is 4.98 Å². The van der Waals surface area contributed by atoms with Crippen LogP contribution in [0, 0.1) is 5.41 Å². The molecule has 15 heavy (non-hydrogen) atoms. The third-order valence-electron chi connectivity index (χ3n) is 2.46. The Bertz CT molecular complexity index is 469. The number of ketones is 1. The van der Waals surface area contributed by atoms with E-state index in [0.717, 1.165) is 10.9 Å². The summed E-state index contributed by atoms with van der Waals surface area (Å²) in [6, 6.07) is 9.84. The molecule has 2 heteroatoms. The normalized spacial score (nSPS) is 11.9. The Hall–Kier alpha value is -1.57. The van der Waals surface area contributed by atoms with Crippen molar-refractivity contribution in [2.75, 3.05) is 0 Å². The van der Waals surface area contributed by atoms with Gasteiger partial charge in [0.25, 0.3) is 0 Å². The summed E-state index contributed by atoms with van der Waals surface area (Å²) in [6.45, 7) is 5.79. The van der Waals surface area contributed by atoms with E-state index in [1.807, 2.05) is 51.1 Å². The van der Waals surface area contributed by atoms with Crippen molar-refractivity contribution in [2.24, 2.45) is 5.41 Å². The first-order valence-electron chi connectivity index (χ1n) is 5.11. The SMILES string of the molecule is CC(C)(C)C(=O)c1cc2ccccc2[nH]1. The quantitative estimate of drug-likeness (QED) is 0.705. The van der Waals surface area contributed by atoms with Gasteiger partial charge in [0.15, 0.2) is 5.78 Å². The van der Waals surface area contributed by atoms with E-state index in [9.17, 15) is 4.79 Å². The van der Waals surface area contributed by atoms with E-state index in [1.54, 1.807) is 0 Å². The van der Waals surface area contributed by atoms with Crippen LogP contribution in [0.25, 0.3) is 10.9 Å². The average Bonchev–Trinajstić information content (AvgIpc) is 2.58. The third kappa shape index (κ3) is 1.80. The Morgan fingerprint density at radius 2 is 1.87 bits per heavy atom. The molecule has 1 aromatic carbocycles. The average molecular weight is 201 g/mol. The lowest BCUT2D eigenvalue weighted by atomic mass is 9.89. The molecule has 1 N–H and O–H groups in total. The number of benzene rings is 1. The number of Topliss-reactive ketones (excluding diaryl/α,β-unsaturated/α-hetero) is 1. The van der Waals surface area contributed by atoms with Gasteiger partial charge in [0.05, 0.1) is 5.69 Å². The molecule has 1 heterocycles. The molecule has 0 aliphatic carbocycles. The fraction of sp³-hybridized carbons (Fsp3) is 0.308. The lowest BCUT2D eigenvalue weighted by molar-refractivity contribution is 0.0854. The first kappa shape index (κ1) is 9.97. The van der Waals surface area contributed by atoms with Crippen LogP contribution in [0.15, 0.2) is 30.3 Å². The van der Waals surface area contributed by atoms with Crippen molar-refractivity contribution in [3.63, 3.8) is 0 Å². The maximum Gasteiger partial charge on any atom is 0.184 e. The van der Waals surface area contributed by atoms with Gasteiger partial charge in [-0.15, -0.1) is 0 Å². The van der Waals surface area contributed by atoms with Gasteiger partial charge in [0.1, 0.15) is 0 Å². The van der Waals surface area contributed by atoms with Crippen LogP contribution in [0.5, 0.6) is 0 Å². The zero-order chi connectivity index (χ0) is 11.1. The molecule has 0 saturated heterocycles. The van der Waals surface area contributed by atoms with Crippen LogP contribution < -0.4 is 0 Å². The van der Waals surface area contributed by atoms with Crippen molar-refractivity contribution in [2.45, 2.75) is 20.8 Å². The number of H-pyrrole nitrogens is 1.